The number of aromatic nitrogens is 2. The molecule has 0 aliphatic rings. The molecule has 0 bridgehead atoms. The molecule has 0 radical (unpaired) electrons. The van der Waals surface area contributed by atoms with Crippen LogP contribution in [0.15, 0.2) is 65.1 Å². The Labute approximate surface area is 183 Å². The number of hydrogen-bond donors (Lipinski definition) is 2. The molecule has 160 valence electrons. The van der Waals surface area contributed by atoms with Gasteiger partial charge in [0, 0.05) is 0 Å². The van der Waals surface area contributed by atoms with Gasteiger partial charge in [0.1, 0.15) is 29.8 Å². The Hall–Kier alpha value is -3.26. The second-order valence-corrected chi connectivity index (χ2v) is 7.94. The molecule has 2 heterocycles. The van der Waals surface area contributed by atoms with Crippen LogP contribution >= 0.6 is 11.8 Å². The summed E-state index contributed by atoms with van der Waals surface area (Å²) in [5.74, 6) is 2.16. The van der Waals surface area contributed by atoms with Crippen molar-refractivity contribution in [2.24, 2.45) is 0 Å². The van der Waals surface area contributed by atoms with Gasteiger partial charge in [0.25, 0.3) is 5.91 Å². The van der Waals surface area contributed by atoms with Crippen molar-refractivity contribution in [2.75, 3.05) is 12.0 Å². The fourth-order valence-electron chi connectivity index (χ4n) is 3.14. The summed E-state index contributed by atoms with van der Waals surface area (Å²) in [6.07, 6.45) is 2.76. The van der Waals surface area contributed by atoms with Crippen molar-refractivity contribution in [3.8, 4) is 5.75 Å². The Morgan fingerprint density at radius 3 is 2.77 bits per heavy atom. The molecule has 2 aromatic heterocycles. The molecule has 8 heteroatoms. The Morgan fingerprint density at radius 1 is 1.19 bits per heavy atom. The lowest BCUT2D eigenvalue weighted by atomic mass is 10.2. The van der Waals surface area contributed by atoms with Crippen molar-refractivity contribution in [3.63, 3.8) is 0 Å². The van der Waals surface area contributed by atoms with Gasteiger partial charge in [-0.15, -0.1) is 0 Å². The van der Waals surface area contributed by atoms with Crippen LogP contribution in [0.25, 0.3) is 11.0 Å². The fourth-order valence-corrected chi connectivity index (χ4v) is 3.61. The normalized spacial score (nSPS) is 12.1. The molecule has 0 saturated carbocycles. The highest BCUT2D eigenvalue weighted by atomic mass is 32.2. The molecule has 1 atom stereocenters. The molecule has 4 rings (SSSR count). The predicted octanol–water partition coefficient (Wildman–Crippen LogP) is 5.10. The van der Waals surface area contributed by atoms with Gasteiger partial charge in [0.15, 0.2) is 5.76 Å². The summed E-state index contributed by atoms with van der Waals surface area (Å²) in [6, 6.07) is 16.5. The number of benzene rings is 2. The maximum atomic E-state index is 13.0. The van der Waals surface area contributed by atoms with E-state index in [1.54, 1.807) is 23.9 Å². The number of rotatable bonds is 9. The number of nitrogens with one attached hydrogen (secondary N) is 2. The number of carbonyl (C=O) groups excluding carboxylic acids is 1. The second-order valence-electron chi connectivity index (χ2n) is 6.96. The topological polar surface area (TPSA) is 80.2 Å². The van der Waals surface area contributed by atoms with Crippen molar-refractivity contribution in [2.45, 2.75) is 19.1 Å². The van der Waals surface area contributed by atoms with Crippen LogP contribution in [0.3, 0.4) is 0 Å². The van der Waals surface area contributed by atoms with Crippen LogP contribution in [0.4, 0.5) is 4.39 Å². The van der Waals surface area contributed by atoms with Crippen LogP contribution < -0.4 is 10.1 Å². The number of furan rings is 1. The smallest absolute Gasteiger partial charge is 0.287 e. The van der Waals surface area contributed by atoms with Gasteiger partial charge >= 0.3 is 0 Å². The van der Waals surface area contributed by atoms with Crippen molar-refractivity contribution >= 4 is 28.7 Å². The van der Waals surface area contributed by atoms with Gasteiger partial charge in [-0.1, -0.05) is 12.1 Å². The van der Waals surface area contributed by atoms with Crippen LogP contribution in [-0.2, 0) is 6.61 Å². The van der Waals surface area contributed by atoms with Gasteiger partial charge in [0.05, 0.1) is 17.1 Å². The lowest BCUT2D eigenvalue weighted by Gasteiger charge is -2.15. The van der Waals surface area contributed by atoms with Crippen LogP contribution in [0, 0.1) is 5.82 Å². The van der Waals surface area contributed by atoms with E-state index in [0.717, 1.165) is 29.0 Å². The average molecular weight is 440 g/mol. The summed E-state index contributed by atoms with van der Waals surface area (Å²) < 4.78 is 24.2. The molecular weight excluding hydrogens is 417 g/mol. The second kappa shape index (κ2) is 9.70. The first-order chi connectivity index (χ1) is 15.1. The standard InChI is InChI=1S/C23H22FN3O3S/c1-31-13-12-20(22-25-18-4-2-3-5-19(18)26-22)27-23(28)21-11-10-17(30-21)14-29-16-8-6-15(24)7-9-16/h2-11,20H,12-14H2,1H3,(H,25,26)(H,27,28). The maximum absolute atomic E-state index is 13.0. The Bertz CT molecular complexity index is 1120. The van der Waals surface area contributed by atoms with Gasteiger partial charge in [-0.3, -0.25) is 4.79 Å². The minimum absolute atomic E-state index is 0.137. The largest absolute Gasteiger partial charge is 0.486 e. The fraction of sp³-hybridized carbons (Fsp3) is 0.217. The molecule has 2 N–H and O–H groups in total. The van der Waals surface area contributed by atoms with Gasteiger partial charge in [-0.25, -0.2) is 9.37 Å². The van der Waals surface area contributed by atoms with E-state index in [4.69, 9.17) is 9.15 Å². The van der Waals surface area contributed by atoms with Gasteiger partial charge in [-0.2, -0.15) is 11.8 Å². The number of aromatic amines is 1. The highest BCUT2D eigenvalue weighted by Crippen LogP contribution is 2.21. The first kappa shape index (κ1) is 21.0. The van der Waals surface area contributed by atoms with Crippen molar-refractivity contribution in [1.82, 2.24) is 15.3 Å². The molecule has 4 aromatic rings. The minimum Gasteiger partial charge on any atom is -0.486 e. The van der Waals surface area contributed by atoms with Crippen LogP contribution in [0.1, 0.15) is 34.6 Å². The van der Waals surface area contributed by atoms with Crippen LogP contribution in [0.5, 0.6) is 5.75 Å². The molecule has 2 aromatic carbocycles. The first-order valence-electron chi connectivity index (χ1n) is 9.84. The van der Waals surface area contributed by atoms with Gasteiger partial charge in [-0.05, 0) is 67.0 Å². The Morgan fingerprint density at radius 2 is 2.00 bits per heavy atom. The van der Waals surface area contributed by atoms with Crippen molar-refractivity contribution in [3.05, 3.63) is 83.8 Å². The van der Waals surface area contributed by atoms with Crippen molar-refractivity contribution < 1.29 is 18.3 Å². The zero-order chi connectivity index (χ0) is 21.6. The summed E-state index contributed by atoms with van der Waals surface area (Å²) in [4.78, 5) is 20.7. The number of imidazole rings is 1. The van der Waals surface area contributed by atoms with E-state index >= 15 is 0 Å². The molecule has 0 aliphatic carbocycles. The zero-order valence-corrected chi connectivity index (χ0v) is 17.7. The monoisotopic (exact) mass is 439 g/mol. The number of thioether (sulfide) groups is 1. The van der Waals surface area contributed by atoms with Crippen LogP contribution in [0.2, 0.25) is 0 Å². The quantitative estimate of drug-likeness (QED) is 0.379. The minimum atomic E-state index is -0.329. The van der Waals surface area contributed by atoms with E-state index in [9.17, 15) is 9.18 Å². The lowest BCUT2D eigenvalue weighted by Crippen LogP contribution is -2.29. The predicted molar refractivity (Wildman–Crippen MR) is 119 cm³/mol. The first-order valence-corrected chi connectivity index (χ1v) is 11.2. The summed E-state index contributed by atoms with van der Waals surface area (Å²) in [7, 11) is 0. The molecule has 0 spiro atoms. The molecular formula is C23H22FN3O3S. The number of nitrogens with zero attached hydrogens (tertiary/aromatic N) is 1. The highest BCUT2D eigenvalue weighted by Gasteiger charge is 2.21. The number of H-pyrrole nitrogens is 1. The third-order valence-electron chi connectivity index (χ3n) is 4.73. The van der Waals surface area contributed by atoms with Crippen LogP contribution in [-0.4, -0.2) is 27.9 Å². The molecule has 6 nitrogen and oxygen atoms in total. The number of carbonyl (C=O) groups is 1. The molecule has 0 saturated heterocycles. The van der Waals surface area contributed by atoms with Crippen molar-refractivity contribution in [1.29, 1.82) is 0 Å². The highest BCUT2D eigenvalue weighted by molar-refractivity contribution is 7.98. The summed E-state index contributed by atoms with van der Waals surface area (Å²) >= 11 is 1.71. The summed E-state index contributed by atoms with van der Waals surface area (Å²) in [6.45, 7) is 0.137. The van der Waals surface area contributed by atoms with Gasteiger partial charge in [0.2, 0.25) is 0 Å². The average Bonchev–Trinajstić information content (AvgIpc) is 3.43. The number of fused-ring (bicyclic) bond motifs is 1. The molecule has 0 aliphatic heterocycles. The molecule has 0 fully saturated rings. The maximum Gasteiger partial charge on any atom is 0.287 e. The Kier molecular flexibility index (Phi) is 6.57. The Balaban J connectivity index is 1.42. The van der Waals surface area contributed by atoms with E-state index in [2.05, 4.69) is 15.3 Å². The zero-order valence-electron chi connectivity index (χ0n) is 16.9. The number of amides is 1. The number of hydrogen-bond acceptors (Lipinski definition) is 5. The number of ether oxygens (including phenoxy) is 1. The van der Waals surface area contributed by atoms with E-state index in [1.807, 2.05) is 30.5 Å². The van der Waals surface area contributed by atoms with E-state index in [1.165, 1.54) is 24.3 Å². The SMILES string of the molecule is CSCCC(NC(=O)c1ccc(COc2ccc(F)cc2)o1)c1nc2ccccc2[nH]1. The molecule has 1 amide bonds. The summed E-state index contributed by atoms with van der Waals surface area (Å²) in [5, 5.41) is 3.02. The lowest BCUT2D eigenvalue weighted by molar-refractivity contribution is 0.0902. The number of para-hydroxylation sites is 2. The van der Waals surface area contributed by atoms with E-state index in [-0.39, 0.29) is 30.1 Å². The van der Waals surface area contributed by atoms with Gasteiger partial charge < -0.3 is 19.5 Å². The third-order valence-corrected chi connectivity index (χ3v) is 5.38. The summed E-state index contributed by atoms with van der Waals surface area (Å²) in [5.41, 5.74) is 1.79. The van der Waals surface area contributed by atoms with E-state index < -0.39 is 0 Å². The molecule has 1 unspecified atom stereocenters. The van der Waals surface area contributed by atoms with E-state index in [0.29, 0.717) is 11.5 Å². The third kappa shape index (κ3) is 5.27. The number of halogens is 1. The molecule has 31 heavy (non-hydrogen) atoms.